The van der Waals surface area contributed by atoms with E-state index in [1.54, 1.807) is 17.2 Å². The number of aromatic nitrogens is 5. The van der Waals surface area contributed by atoms with Gasteiger partial charge in [-0.05, 0) is 62.1 Å². The Labute approximate surface area is 169 Å². The molecule has 1 aliphatic heterocycles. The Balaban J connectivity index is 1.64. The second-order valence-electron chi connectivity index (χ2n) is 7.93. The number of anilines is 1. The Morgan fingerprint density at radius 2 is 1.79 bits per heavy atom. The fraction of sp³-hybridized carbons (Fsp3) is 0.261. The number of hydrogen-bond donors (Lipinski definition) is 1. The molecule has 0 bridgehead atoms. The summed E-state index contributed by atoms with van der Waals surface area (Å²) < 4.78 is 0. The van der Waals surface area contributed by atoms with Crippen LogP contribution in [0.2, 0.25) is 0 Å². The quantitative estimate of drug-likeness (QED) is 0.525. The van der Waals surface area contributed by atoms with Crippen LogP contribution in [-0.4, -0.2) is 31.5 Å². The molecule has 4 aromatic rings. The summed E-state index contributed by atoms with van der Waals surface area (Å²) in [5.74, 6) is 0.978. The summed E-state index contributed by atoms with van der Waals surface area (Å²) in [6.45, 7) is 11.5. The zero-order valence-corrected chi connectivity index (χ0v) is 17.0. The summed E-state index contributed by atoms with van der Waals surface area (Å²) in [7, 11) is 0. The molecule has 0 aliphatic carbocycles. The predicted molar refractivity (Wildman–Crippen MR) is 116 cm³/mol. The van der Waals surface area contributed by atoms with Gasteiger partial charge in [0.25, 0.3) is 0 Å². The van der Waals surface area contributed by atoms with Gasteiger partial charge in [-0.2, -0.15) is 10.2 Å². The SMILES string of the molecule is C=C1C[C@@H](c2nc3cc(C)c(C)cc3[nH]2)N(c2c(C)cccc2-n2nccn2)C1. The number of imidazole rings is 1. The van der Waals surface area contributed by atoms with Crippen molar-refractivity contribution in [2.45, 2.75) is 33.2 Å². The maximum Gasteiger partial charge on any atom is 0.130 e. The normalized spacial score (nSPS) is 16.9. The third-order valence-corrected chi connectivity index (χ3v) is 5.82. The van der Waals surface area contributed by atoms with Gasteiger partial charge in [-0.15, -0.1) is 4.80 Å². The van der Waals surface area contributed by atoms with Crippen LogP contribution in [0.15, 0.2) is 54.9 Å². The van der Waals surface area contributed by atoms with Crippen molar-refractivity contribution >= 4 is 16.7 Å². The van der Waals surface area contributed by atoms with Gasteiger partial charge in [0.05, 0.1) is 35.2 Å². The lowest BCUT2D eigenvalue weighted by Crippen LogP contribution is -2.26. The predicted octanol–water partition coefficient (Wildman–Crippen LogP) is 4.58. The lowest BCUT2D eigenvalue weighted by Gasteiger charge is -2.28. The first-order chi connectivity index (χ1) is 14.0. The van der Waals surface area contributed by atoms with Crippen LogP contribution >= 0.6 is 0 Å². The van der Waals surface area contributed by atoms with E-state index in [1.807, 2.05) is 6.07 Å². The fourth-order valence-electron chi connectivity index (χ4n) is 4.24. The number of nitrogens with one attached hydrogen (secondary N) is 1. The molecule has 1 aliphatic rings. The van der Waals surface area contributed by atoms with Crippen molar-refractivity contribution in [3.8, 4) is 5.69 Å². The number of hydrogen-bond acceptors (Lipinski definition) is 4. The summed E-state index contributed by atoms with van der Waals surface area (Å²) >= 11 is 0. The first kappa shape index (κ1) is 17.7. The molecule has 0 spiro atoms. The van der Waals surface area contributed by atoms with E-state index in [4.69, 9.17) is 4.98 Å². The molecule has 6 heteroatoms. The van der Waals surface area contributed by atoms with Crippen molar-refractivity contribution in [2.24, 2.45) is 0 Å². The molecule has 2 aromatic heterocycles. The second kappa shape index (κ2) is 6.58. The van der Waals surface area contributed by atoms with Crippen molar-refractivity contribution in [3.05, 3.63) is 77.4 Å². The van der Waals surface area contributed by atoms with Crippen molar-refractivity contribution in [1.29, 1.82) is 0 Å². The molecule has 1 N–H and O–H groups in total. The number of aryl methyl sites for hydroxylation is 3. The molecular formula is C23H24N6. The van der Waals surface area contributed by atoms with Gasteiger partial charge in [0.15, 0.2) is 0 Å². The average Bonchev–Trinajstić information content (AvgIpc) is 3.41. The Hall–Kier alpha value is -3.41. The van der Waals surface area contributed by atoms with Crippen LogP contribution in [0, 0.1) is 20.8 Å². The molecule has 0 saturated carbocycles. The molecule has 1 atom stereocenters. The van der Waals surface area contributed by atoms with Gasteiger partial charge in [0, 0.05) is 6.54 Å². The minimum absolute atomic E-state index is 0.103. The van der Waals surface area contributed by atoms with Crippen LogP contribution in [0.4, 0.5) is 5.69 Å². The fourth-order valence-corrected chi connectivity index (χ4v) is 4.24. The zero-order valence-electron chi connectivity index (χ0n) is 17.0. The Morgan fingerprint density at radius 1 is 1.03 bits per heavy atom. The summed E-state index contributed by atoms with van der Waals surface area (Å²) in [5.41, 5.74) is 9.10. The monoisotopic (exact) mass is 384 g/mol. The number of H-pyrrole nitrogens is 1. The number of nitrogens with zero attached hydrogens (tertiary/aromatic N) is 5. The molecule has 1 saturated heterocycles. The number of aromatic amines is 1. The van der Waals surface area contributed by atoms with Crippen LogP contribution in [0.5, 0.6) is 0 Å². The van der Waals surface area contributed by atoms with E-state index in [0.717, 1.165) is 41.2 Å². The van der Waals surface area contributed by atoms with Gasteiger partial charge in [-0.1, -0.05) is 24.3 Å². The molecule has 3 heterocycles. The highest BCUT2D eigenvalue weighted by molar-refractivity contribution is 5.78. The molecule has 0 radical (unpaired) electrons. The third kappa shape index (κ3) is 2.92. The number of benzene rings is 2. The van der Waals surface area contributed by atoms with Crippen molar-refractivity contribution in [1.82, 2.24) is 25.0 Å². The van der Waals surface area contributed by atoms with Gasteiger partial charge in [-0.25, -0.2) is 4.98 Å². The maximum absolute atomic E-state index is 4.95. The van der Waals surface area contributed by atoms with Gasteiger partial charge in [-0.3, -0.25) is 0 Å². The Bertz CT molecular complexity index is 1180. The van der Waals surface area contributed by atoms with Crippen molar-refractivity contribution in [3.63, 3.8) is 0 Å². The summed E-state index contributed by atoms with van der Waals surface area (Å²) in [5, 5.41) is 8.73. The van der Waals surface area contributed by atoms with Crippen LogP contribution in [0.25, 0.3) is 16.7 Å². The molecule has 2 aromatic carbocycles. The number of para-hydroxylation sites is 1. The molecule has 146 valence electrons. The highest BCUT2D eigenvalue weighted by Gasteiger charge is 2.33. The standard InChI is InChI=1S/C23H24N6/c1-14-10-21(23-26-18-11-16(3)17(4)12-19(18)27-23)28(13-14)22-15(2)6-5-7-20(22)29-24-8-9-25-29/h5-9,11-12,21H,1,10,13H2,2-4H3,(H,26,27)/t21-/m0/s1. The van der Waals surface area contributed by atoms with Crippen LogP contribution in [0.1, 0.15) is 35.0 Å². The van der Waals surface area contributed by atoms with Crippen molar-refractivity contribution in [2.75, 3.05) is 11.4 Å². The van der Waals surface area contributed by atoms with E-state index in [-0.39, 0.29) is 6.04 Å². The highest BCUT2D eigenvalue weighted by atomic mass is 15.5. The van der Waals surface area contributed by atoms with Gasteiger partial charge in [0.2, 0.25) is 0 Å². The molecule has 0 amide bonds. The lowest BCUT2D eigenvalue weighted by atomic mass is 10.1. The maximum atomic E-state index is 4.95. The van der Waals surface area contributed by atoms with Crippen LogP contribution in [-0.2, 0) is 0 Å². The van der Waals surface area contributed by atoms with E-state index < -0.39 is 0 Å². The minimum atomic E-state index is 0.103. The zero-order chi connectivity index (χ0) is 20.1. The van der Waals surface area contributed by atoms with E-state index in [0.29, 0.717) is 0 Å². The molecule has 0 unspecified atom stereocenters. The number of rotatable bonds is 3. The van der Waals surface area contributed by atoms with E-state index in [2.05, 4.69) is 71.7 Å². The third-order valence-electron chi connectivity index (χ3n) is 5.82. The Morgan fingerprint density at radius 3 is 2.59 bits per heavy atom. The van der Waals surface area contributed by atoms with Gasteiger partial charge < -0.3 is 9.88 Å². The lowest BCUT2D eigenvalue weighted by molar-refractivity contribution is 0.677. The second-order valence-corrected chi connectivity index (χ2v) is 7.93. The Kier molecular flexibility index (Phi) is 4.01. The number of fused-ring (bicyclic) bond motifs is 1. The van der Waals surface area contributed by atoms with Crippen LogP contribution < -0.4 is 4.90 Å². The smallest absolute Gasteiger partial charge is 0.130 e. The molecule has 29 heavy (non-hydrogen) atoms. The van der Waals surface area contributed by atoms with E-state index >= 15 is 0 Å². The first-order valence-corrected chi connectivity index (χ1v) is 9.87. The largest absolute Gasteiger partial charge is 0.355 e. The molecule has 1 fully saturated rings. The molecular weight excluding hydrogens is 360 g/mol. The van der Waals surface area contributed by atoms with Gasteiger partial charge >= 0.3 is 0 Å². The summed E-state index contributed by atoms with van der Waals surface area (Å²) in [6.07, 6.45) is 4.28. The average molecular weight is 384 g/mol. The molecule has 5 rings (SSSR count). The topological polar surface area (TPSA) is 62.6 Å². The first-order valence-electron chi connectivity index (χ1n) is 9.87. The van der Waals surface area contributed by atoms with E-state index in [9.17, 15) is 0 Å². The van der Waals surface area contributed by atoms with Crippen molar-refractivity contribution < 1.29 is 0 Å². The highest BCUT2D eigenvalue weighted by Crippen LogP contribution is 2.41. The van der Waals surface area contributed by atoms with E-state index in [1.165, 1.54) is 22.3 Å². The van der Waals surface area contributed by atoms with Gasteiger partial charge in [0.1, 0.15) is 11.5 Å². The summed E-state index contributed by atoms with van der Waals surface area (Å²) in [4.78, 5) is 12.6. The summed E-state index contributed by atoms with van der Waals surface area (Å²) in [6, 6.07) is 10.7. The van der Waals surface area contributed by atoms with Crippen LogP contribution in [0.3, 0.4) is 0 Å². The molecule has 6 nitrogen and oxygen atoms in total. The minimum Gasteiger partial charge on any atom is -0.355 e.